The zero-order valence-electron chi connectivity index (χ0n) is 28.7. The third-order valence-corrected chi connectivity index (χ3v) is 9.09. The fraction of sp³-hybridized carbons (Fsp3) is 0.282. The number of nitro groups is 1. The Balaban J connectivity index is 1.45. The summed E-state index contributed by atoms with van der Waals surface area (Å²) in [5.41, 5.74) is 5.96. The summed E-state index contributed by atoms with van der Waals surface area (Å²) in [4.78, 5) is 31.7. The van der Waals surface area contributed by atoms with E-state index in [1.165, 1.54) is 24.4 Å². The Morgan fingerprint density at radius 2 is 1.64 bits per heavy atom. The Bertz CT molecular complexity index is 1950. The fourth-order valence-corrected chi connectivity index (χ4v) is 6.94. The maximum absolute atomic E-state index is 14.5. The summed E-state index contributed by atoms with van der Waals surface area (Å²) < 4.78 is 12.3. The Kier molecular flexibility index (Phi) is 9.61. The van der Waals surface area contributed by atoms with Crippen molar-refractivity contribution >= 4 is 29.2 Å². The molecule has 4 aromatic rings. The van der Waals surface area contributed by atoms with Crippen LogP contribution in [0, 0.1) is 24.0 Å². The van der Waals surface area contributed by atoms with Gasteiger partial charge in [0.05, 0.1) is 24.1 Å². The molecule has 11 nitrogen and oxygen atoms in total. The number of rotatable bonds is 13. The first kappa shape index (κ1) is 34.2. The van der Waals surface area contributed by atoms with Gasteiger partial charge in [-0.1, -0.05) is 30.9 Å². The van der Waals surface area contributed by atoms with E-state index in [0.29, 0.717) is 28.4 Å². The Morgan fingerprint density at radius 3 is 2.24 bits per heavy atom. The maximum Gasteiger partial charge on any atom is 0.270 e. The zero-order valence-corrected chi connectivity index (χ0v) is 28.7. The van der Waals surface area contributed by atoms with Crippen molar-refractivity contribution in [2.75, 3.05) is 43.4 Å². The highest BCUT2D eigenvalue weighted by Crippen LogP contribution is 2.58. The number of amides is 1. The molecule has 50 heavy (non-hydrogen) atoms. The summed E-state index contributed by atoms with van der Waals surface area (Å²) in [5.74, 6) is 1.41. The molecule has 3 N–H and O–H groups in total. The third-order valence-electron chi connectivity index (χ3n) is 9.09. The molecule has 1 spiro atoms. The van der Waals surface area contributed by atoms with Gasteiger partial charge in [-0.2, -0.15) is 0 Å². The molecule has 0 saturated carbocycles. The molecule has 0 saturated heterocycles. The first-order chi connectivity index (χ1) is 24.1. The number of hydrogen-bond donors (Lipinski definition) is 3. The Morgan fingerprint density at radius 1 is 1.00 bits per heavy atom. The van der Waals surface area contributed by atoms with E-state index in [4.69, 9.17) is 9.47 Å². The van der Waals surface area contributed by atoms with Gasteiger partial charge >= 0.3 is 0 Å². The fourth-order valence-electron chi connectivity index (χ4n) is 6.94. The number of ether oxygens (including phenoxy) is 2. The van der Waals surface area contributed by atoms with Crippen molar-refractivity contribution in [3.8, 4) is 17.2 Å². The van der Waals surface area contributed by atoms with Crippen molar-refractivity contribution in [1.82, 2.24) is 4.90 Å². The van der Waals surface area contributed by atoms with Gasteiger partial charge < -0.3 is 30.1 Å². The number of nitro benzene ring substituents is 1. The number of aliphatic hydroxyl groups is 1. The number of β-amino-alcohol motifs (C(OH)–C–C–N with tert-alkyl or cyclic N) is 1. The van der Waals surface area contributed by atoms with Crippen molar-refractivity contribution in [1.29, 1.82) is 0 Å². The number of aryl methyl sites for hydroxylation is 2. The molecular formula is C39H41N5O6. The van der Waals surface area contributed by atoms with Crippen LogP contribution in [0.4, 0.5) is 17.1 Å². The van der Waals surface area contributed by atoms with Gasteiger partial charge in [0, 0.05) is 77.2 Å². The highest BCUT2D eigenvalue weighted by Gasteiger charge is 2.56. The number of hydrogen-bond acceptors (Lipinski definition) is 9. The van der Waals surface area contributed by atoms with Gasteiger partial charge in [0.2, 0.25) is 0 Å². The molecule has 2 aliphatic rings. The van der Waals surface area contributed by atoms with Crippen LogP contribution < -0.4 is 20.1 Å². The average molecular weight is 676 g/mol. The van der Waals surface area contributed by atoms with Crippen LogP contribution in [0.25, 0.3) is 0 Å². The van der Waals surface area contributed by atoms with E-state index in [1.807, 2.05) is 64.1 Å². The number of non-ortho nitro benzene ring substituents is 1. The van der Waals surface area contributed by atoms with Gasteiger partial charge in [-0.25, -0.2) is 0 Å². The number of carbonyl (C=O) groups is 1. The molecule has 0 fully saturated rings. The number of fused-ring (bicyclic) bond motifs is 6. The monoisotopic (exact) mass is 675 g/mol. The standard InChI is InChI=1S/C39H41N5O6/c1-6-15-49-35-14-13-27(44(47)48)18-26(35)21-40-22-28(45)23-43-38(46)29-11-9-10-12-30(29)39(43)31-16-24(4)33(41-7-2)19-36(31)50-37-20-34(42-8-3)25(5)17-32(37)39/h6,9-14,16-21,28,41-42,45H,1,7-8,15,22-23H2,2-5H3/t28-/m0/s1. The van der Waals surface area contributed by atoms with Gasteiger partial charge in [-0.3, -0.25) is 19.9 Å². The van der Waals surface area contributed by atoms with E-state index in [2.05, 4.69) is 34.3 Å². The largest absolute Gasteiger partial charge is 0.489 e. The van der Waals surface area contributed by atoms with Crippen molar-refractivity contribution in [2.45, 2.75) is 39.3 Å². The van der Waals surface area contributed by atoms with Crippen LogP contribution in [-0.2, 0) is 5.54 Å². The van der Waals surface area contributed by atoms with E-state index < -0.39 is 16.6 Å². The van der Waals surface area contributed by atoms with E-state index in [9.17, 15) is 20.0 Å². The van der Waals surface area contributed by atoms with E-state index in [1.54, 1.807) is 11.0 Å². The van der Waals surface area contributed by atoms with Crippen molar-refractivity contribution in [3.63, 3.8) is 0 Å². The normalized spacial score (nSPS) is 14.5. The van der Waals surface area contributed by atoms with Crippen molar-refractivity contribution in [3.05, 3.63) is 128 Å². The highest BCUT2D eigenvalue weighted by atomic mass is 16.6. The third kappa shape index (κ3) is 5.94. The van der Waals surface area contributed by atoms with E-state index >= 15 is 0 Å². The van der Waals surface area contributed by atoms with Crippen LogP contribution in [0.5, 0.6) is 17.2 Å². The quantitative estimate of drug-likeness (QED) is 0.0598. The molecule has 258 valence electrons. The molecule has 0 aromatic heterocycles. The number of carbonyl (C=O) groups excluding carboxylic acids is 1. The molecule has 0 bridgehead atoms. The summed E-state index contributed by atoms with van der Waals surface area (Å²) in [6.45, 7) is 13.3. The molecule has 0 unspecified atom stereocenters. The molecule has 0 aliphatic carbocycles. The van der Waals surface area contributed by atoms with E-state index in [-0.39, 0.29) is 31.3 Å². The second-order valence-electron chi connectivity index (χ2n) is 12.4. The molecule has 0 radical (unpaired) electrons. The Labute approximate surface area is 291 Å². The van der Waals surface area contributed by atoms with Crippen LogP contribution in [0.2, 0.25) is 0 Å². The number of aliphatic imine (C=N–C) groups is 1. The number of nitrogens with zero attached hydrogens (tertiary/aromatic N) is 3. The molecule has 1 amide bonds. The predicted molar refractivity (Wildman–Crippen MR) is 195 cm³/mol. The molecule has 6 rings (SSSR count). The summed E-state index contributed by atoms with van der Waals surface area (Å²) in [6, 6.07) is 19.9. The zero-order chi connectivity index (χ0) is 35.6. The summed E-state index contributed by atoms with van der Waals surface area (Å²) in [5, 5.41) is 29.9. The molecule has 4 aromatic carbocycles. The van der Waals surface area contributed by atoms with Gasteiger partial charge in [0.25, 0.3) is 11.6 Å². The lowest BCUT2D eigenvalue weighted by Crippen LogP contribution is -2.50. The summed E-state index contributed by atoms with van der Waals surface area (Å²) >= 11 is 0. The lowest BCUT2D eigenvalue weighted by atomic mass is 9.73. The first-order valence-electron chi connectivity index (χ1n) is 16.7. The van der Waals surface area contributed by atoms with Gasteiger partial charge in [0.1, 0.15) is 29.4 Å². The van der Waals surface area contributed by atoms with Crippen LogP contribution >= 0.6 is 0 Å². The van der Waals surface area contributed by atoms with Crippen LogP contribution in [0.15, 0.2) is 84.4 Å². The maximum atomic E-state index is 14.5. The smallest absolute Gasteiger partial charge is 0.270 e. The SMILES string of the molecule is C=CCOc1ccc([N+](=O)[O-])cc1C=NC[C@H](O)CN1C(=O)c2ccccc2C12c1cc(C)c(NCC)cc1Oc1cc(NCC)c(C)cc12. The number of nitrogens with one attached hydrogen (secondary N) is 2. The van der Waals surface area contributed by atoms with Crippen molar-refractivity contribution < 1.29 is 24.3 Å². The molecule has 2 aliphatic heterocycles. The first-order valence-corrected chi connectivity index (χ1v) is 16.7. The molecule has 11 heteroatoms. The molecular weight excluding hydrogens is 634 g/mol. The number of aliphatic hydroxyl groups excluding tert-OH is 1. The van der Waals surface area contributed by atoms with Crippen LogP contribution in [0.3, 0.4) is 0 Å². The van der Waals surface area contributed by atoms with Gasteiger partial charge in [-0.15, -0.1) is 0 Å². The summed E-state index contributed by atoms with van der Waals surface area (Å²) in [7, 11) is 0. The predicted octanol–water partition coefficient (Wildman–Crippen LogP) is 6.97. The topological polar surface area (TPSA) is 139 Å². The lowest BCUT2D eigenvalue weighted by molar-refractivity contribution is -0.384. The molecule has 1 atom stereocenters. The lowest BCUT2D eigenvalue weighted by Gasteiger charge is -2.45. The minimum atomic E-state index is -1.11. The average Bonchev–Trinajstić information content (AvgIpc) is 3.33. The minimum Gasteiger partial charge on any atom is -0.489 e. The second kappa shape index (κ2) is 14.0. The van der Waals surface area contributed by atoms with Gasteiger partial charge in [0.15, 0.2) is 0 Å². The number of anilines is 2. The highest BCUT2D eigenvalue weighted by molar-refractivity contribution is 6.02. The second-order valence-corrected chi connectivity index (χ2v) is 12.4. The van der Waals surface area contributed by atoms with Crippen LogP contribution in [0.1, 0.15) is 57.6 Å². The summed E-state index contributed by atoms with van der Waals surface area (Å²) in [6.07, 6.45) is 1.93. The number of benzene rings is 4. The van der Waals surface area contributed by atoms with Crippen LogP contribution in [-0.4, -0.2) is 65.9 Å². The Hall–Kier alpha value is -5.68. The van der Waals surface area contributed by atoms with E-state index in [0.717, 1.165) is 52.3 Å². The van der Waals surface area contributed by atoms with Crippen molar-refractivity contribution in [2.24, 2.45) is 4.99 Å². The van der Waals surface area contributed by atoms with Gasteiger partial charge in [-0.05, 0) is 68.7 Å². The molecule has 2 heterocycles. The minimum absolute atomic E-state index is 0.0550.